The summed E-state index contributed by atoms with van der Waals surface area (Å²) < 4.78 is 16.5. The molecule has 4 aromatic heterocycles. The predicted octanol–water partition coefficient (Wildman–Crippen LogP) is 6.42. The third-order valence-electron chi connectivity index (χ3n) is 12.3. The monoisotopic (exact) mass is 855 g/mol. The highest BCUT2D eigenvalue weighted by Gasteiger charge is 2.47. The quantitative estimate of drug-likeness (QED) is 0.0575. The number of aliphatic hydroxyl groups excluding tert-OH is 1. The molecule has 2 aliphatic heterocycles. The lowest BCUT2D eigenvalue weighted by atomic mass is 9.82. The average Bonchev–Trinajstić information content (AvgIpc) is 3.96. The van der Waals surface area contributed by atoms with Crippen LogP contribution in [0, 0.1) is 0 Å². The van der Waals surface area contributed by atoms with Gasteiger partial charge in [-0.2, -0.15) is 0 Å². The SMILES string of the molecule is CCC1(CC)OC(=O)C(O)c2cc3n(c(=O)c21)Cc1cc2cc(-c4c(-n5c(O)nnc5-c5cc(C(C)C)c(O)cc5O)ccc5c4ccn5CCOCCNC(=O)O)ccc2nc1-3. The maximum absolute atomic E-state index is 14.3. The van der Waals surface area contributed by atoms with Crippen LogP contribution >= 0.6 is 0 Å². The van der Waals surface area contributed by atoms with Gasteiger partial charge in [0.05, 0.1) is 53.5 Å². The molecule has 324 valence electrons. The van der Waals surface area contributed by atoms with Crippen molar-refractivity contribution in [1.29, 1.82) is 0 Å². The van der Waals surface area contributed by atoms with Crippen molar-refractivity contribution in [3.63, 3.8) is 0 Å². The fourth-order valence-corrected chi connectivity index (χ4v) is 9.10. The van der Waals surface area contributed by atoms with Crippen LogP contribution in [0.2, 0.25) is 0 Å². The molecule has 6 N–H and O–H groups in total. The van der Waals surface area contributed by atoms with Gasteiger partial charge in [0.1, 0.15) is 17.1 Å². The summed E-state index contributed by atoms with van der Waals surface area (Å²) in [6.07, 6.45) is -0.0835. The highest BCUT2D eigenvalue weighted by Crippen LogP contribution is 2.46. The number of phenolic OH excluding ortho intramolecular Hbond substituents is 2. The first-order chi connectivity index (χ1) is 30.2. The van der Waals surface area contributed by atoms with Gasteiger partial charge in [-0.15, -0.1) is 5.10 Å². The molecule has 0 radical (unpaired) electrons. The van der Waals surface area contributed by atoms with Gasteiger partial charge in [0.2, 0.25) is 0 Å². The summed E-state index contributed by atoms with van der Waals surface area (Å²) in [5.74, 6) is -1.09. The maximum atomic E-state index is 14.3. The number of rotatable bonds is 12. The minimum Gasteiger partial charge on any atom is -0.508 e. The molecule has 0 saturated carbocycles. The minimum atomic E-state index is -1.60. The number of amides is 1. The summed E-state index contributed by atoms with van der Waals surface area (Å²) in [6.45, 7) is 8.83. The van der Waals surface area contributed by atoms with Crippen molar-refractivity contribution >= 4 is 33.9 Å². The van der Waals surface area contributed by atoms with Crippen molar-refractivity contribution in [3.8, 4) is 57.1 Å². The molecule has 0 bridgehead atoms. The summed E-state index contributed by atoms with van der Waals surface area (Å²) in [7, 11) is 0. The fraction of sp³-hybridized carbons (Fsp3) is 0.304. The van der Waals surface area contributed by atoms with E-state index >= 15 is 0 Å². The number of hydrogen-bond donors (Lipinski definition) is 6. The van der Waals surface area contributed by atoms with E-state index in [0.717, 1.165) is 27.4 Å². The van der Waals surface area contributed by atoms with Crippen LogP contribution in [0.25, 0.3) is 61.4 Å². The maximum Gasteiger partial charge on any atom is 0.404 e. The number of fused-ring (bicyclic) bond motifs is 6. The number of aromatic hydroxyl groups is 3. The number of pyridine rings is 2. The molecule has 2 aliphatic rings. The van der Waals surface area contributed by atoms with Gasteiger partial charge in [0.15, 0.2) is 11.9 Å². The van der Waals surface area contributed by atoms with Crippen molar-refractivity contribution in [1.82, 2.24) is 34.2 Å². The Kier molecular flexibility index (Phi) is 10.2. The lowest BCUT2D eigenvalue weighted by Gasteiger charge is -2.38. The van der Waals surface area contributed by atoms with Crippen molar-refractivity contribution in [2.75, 3.05) is 19.8 Å². The Morgan fingerprint density at radius 1 is 0.984 bits per heavy atom. The predicted molar refractivity (Wildman–Crippen MR) is 231 cm³/mol. The molecule has 1 unspecified atom stereocenters. The lowest BCUT2D eigenvalue weighted by Crippen LogP contribution is -2.45. The number of carbonyl (C=O) groups is 2. The smallest absolute Gasteiger partial charge is 0.404 e. The first-order valence-electron chi connectivity index (χ1n) is 20.8. The van der Waals surface area contributed by atoms with Crippen LogP contribution in [0.3, 0.4) is 0 Å². The van der Waals surface area contributed by atoms with Gasteiger partial charge >= 0.3 is 18.1 Å². The third-order valence-corrected chi connectivity index (χ3v) is 12.3. The Morgan fingerprint density at radius 2 is 1.78 bits per heavy atom. The van der Waals surface area contributed by atoms with Gasteiger partial charge in [-0.25, -0.2) is 19.1 Å². The molecule has 6 heterocycles. The molecule has 17 nitrogen and oxygen atoms in total. The Hall–Kier alpha value is -7.24. The van der Waals surface area contributed by atoms with Crippen molar-refractivity contribution in [2.45, 2.75) is 71.2 Å². The molecule has 0 spiro atoms. The average molecular weight is 856 g/mol. The number of carbonyl (C=O) groups excluding carboxylic acids is 1. The van der Waals surface area contributed by atoms with Gasteiger partial charge in [-0.05, 0) is 78.4 Å². The van der Waals surface area contributed by atoms with Crippen molar-refractivity contribution in [3.05, 3.63) is 99.5 Å². The van der Waals surface area contributed by atoms with E-state index in [1.165, 1.54) is 10.6 Å². The van der Waals surface area contributed by atoms with Crippen LogP contribution in [-0.4, -0.2) is 86.2 Å². The Labute approximate surface area is 359 Å². The highest BCUT2D eigenvalue weighted by atomic mass is 16.6. The van der Waals surface area contributed by atoms with Crippen molar-refractivity contribution in [2.24, 2.45) is 0 Å². The second-order valence-corrected chi connectivity index (χ2v) is 16.2. The van der Waals surface area contributed by atoms with Gasteiger partial charge in [-0.3, -0.25) is 4.79 Å². The standard InChI is InChI=1S/C46H45N7O10/c1-5-46(6-2)38-30(40(56)43(58)63-46)20-34-39-26(22-52(34)42(38)57)18-25-17-24(7-8-31(25)48-39)37-27-11-13-51(14-16-62-15-12-47-45(60)61)32(27)9-10-33(37)53-41(49-50-44(53)59)29-19-28(23(3)4)35(54)21-36(29)55/h7-11,13,17-21,23,40,47,54-56H,5-6,12,14-16,22H2,1-4H3,(H,50,59)(H,60,61). The van der Waals surface area contributed by atoms with Gasteiger partial charge in [0.25, 0.3) is 5.56 Å². The molecule has 63 heavy (non-hydrogen) atoms. The van der Waals surface area contributed by atoms with Crippen LogP contribution < -0.4 is 10.9 Å². The number of carboxylic acid groups (broad SMARTS) is 1. The number of hydrogen-bond acceptors (Lipinski definition) is 12. The summed E-state index contributed by atoms with van der Waals surface area (Å²) in [6, 6.07) is 17.5. The molecule has 7 aromatic rings. The van der Waals surface area contributed by atoms with E-state index in [9.17, 15) is 34.8 Å². The molecular formula is C46H45N7O10. The number of nitrogens with zero attached hydrogens (tertiary/aromatic N) is 6. The summed E-state index contributed by atoms with van der Waals surface area (Å²) in [5.41, 5.74) is 5.02. The summed E-state index contributed by atoms with van der Waals surface area (Å²) in [5, 5.41) is 65.2. The first-order valence-corrected chi connectivity index (χ1v) is 20.8. The molecule has 17 heteroatoms. The van der Waals surface area contributed by atoms with Crippen LogP contribution in [0.15, 0.2) is 71.7 Å². The number of cyclic esters (lactones) is 1. The lowest BCUT2D eigenvalue weighted by molar-refractivity contribution is -0.177. The van der Waals surface area contributed by atoms with E-state index in [-0.39, 0.29) is 65.2 Å². The molecular weight excluding hydrogens is 811 g/mol. The zero-order chi connectivity index (χ0) is 44.5. The second kappa shape index (κ2) is 15.6. The Balaban J connectivity index is 1.18. The molecule has 0 saturated heterocycles. The van der Waals surface area contributed by atoms with Crippen LogP contribution in [-0.2, 0) is 33.0 Å². The van der Waals surface area contributed by atoms with E-state index in [1.807, 2.05) is 80.9 Å². The number of nitrogens with one attached hydrogen (secondary N) is 1. The number of aliphatic hydroxyl groups is 1. The molecule has 1 atom stereocenters. The Bertz CT molecular complexity index is 3070. The van der Waals surface area contributed by atoms with Crippen LogP contribution in [0.1, 0.15) is 74.8 Å². The minimum absolute atomic E-state index is 0.0762. The summed E-state index contributed by atoms with van der Waals surface area (Å²) >= 11 is 0. The Morgan fingerprint density at radius 3 is 2.52 bits per heavy atom. The molecule has 0 fully saturated rings. The fourth-order valence-electron chi connectivity index (χ4n) is 9.10. The largest absolute Gasteiger partial charge is 0.508 e. The normalized spacial score (nSPS) is 15.1. The van der Waals surface area contributed by atoms with Crippen LogP contribution in [0.5, 0.6) is 17.5 Å². The number of esters is 1. The van der Waals surface area contributed by atoms with Crippen molar-refractivity contribution < 1.29 is 44.6 Å². The van der Waals surface area contributed by atoms with E-state index in [4.69, 9.17) is 19.6 Å². The molecule has 1 amide bonds. The molecule has 3 aromatic carbocycles. The van der Waals surface area contributed by atoms with Gasteiger partial charge in [0, 0.05) is 58.3 Å². The number of aromatic nitrogens is 6. The van der Waals surface area contributed by atoms with E-state index in [1.54, 1.807) is 16.7 Å². The molecule has 9 rings (SSSR count). The van der Waals surface area contributed by atoms with Gasteiger partial charge < -0.3 is 49.5 Å². The van der Waals surface area contributed by atoms with E-state index < -0.39 is 29.8 Å². The summed E-state index contributed by atoms with van der Waals surface area (Å²) in [4.78, 5) is 43.0. The second-order valence-electron chi connectivity index (χ2n) is 16.2. The van der Waals surface area contributed by atoms with E-state index in [0.29, 0.717) is 59.7 Å². The van der Waals surface area contributed by atoms with Gasteiger partial charge in [-0.1, -0.05) is 38.9 Å². The number of benzene rings is 3. The zero-order valence-electron chi connectivity index (χ0n) is 34.9. The molecule has 0 aliphatic carbocycles. The number of ether oxygens (including phenoxy) is 2. The topological polar surface area (TPSA) is 236 Å². The highest BCUT2D eigenvalue weighted by molar-refractivity contribution is 6.02. The zero-order valence-corrected chi connectivity index (χ0v) is 34.9. The first kappa shape index (κ1) is 41.1. The van der Waals surface area contributed by atoms with Crippen LogP contribution in [0.4, 0.5) is 4.79 Å². The third kappa shape index (κ3) is 6.71. The van der Waals surface area contributed by atoms with E-state index in [2.05, 4.69) is 15.5 Å². The number of phenols is 2.